The summed E-state index contributed by atoms with van der Waals surface area (Å²) in [6, 6.07) is 0. The number of rotatable bonds is 4. The summed E-state index contributed by atoms with van der Waals surface area (Å²) in [7, 11) is 0. The Bertz CT molecular complexity index is 232. The lowest BCUT2D eigenvalue weighted by Crippen LogP contribution is -2.47. The molecule has 0 aliphatic rings. The van der Waals surface area contributed by atoms with Gasteiger partial charge < -0.3 is 0 Å². The SMILES string of the molecule is C=CC(F)C(F)(F)OC(F)(F)C(F)(F)F. The molecule has 9 heteroatoms. The molecule has 0 heterocycles. The van der Waals surface area contributed by atoms with Gasteiger partial charge in [0.2, 0.25) is 6.17 Å². The summed E-state index contributed by atoms with van der Waals surface area (Å²) in [6.45, 7) is 2.46. The Labute approximate surface area is 78.3 Å². The van der Waals surface area contributed by atoms with Crippen LogP contribution in [0.4, 0.5) is 35.1 Å². The summed E-state index contributed by atoms with van der Waals surface area (Å²) in [4.78, 5) is 0. The zero-order chi connectivity index (χ0) is 12.5. The summed E-state index contributed by atoms with van der Waals surface area (Å²) >= 11 is 0. The van der Waals surface area contributed by atoms with E-state index in [4.69, 9.17) is 0 Å². The minimum Gasteiger partial charge on any atom is -0.245 e. The van der Waals surface area contributed by atoms with Gasteiger partial charge in [-0.3, -0.25) is 0 Å². The zero-order valence-electron chi connectivity index (χ0n) is 6.79. The summed E-state index contributed by atoms with van der Waals surface area (Å²) in [5.74, 6) is 0. The van der Waals surface area contributed by atoms with Crippen molar-refractivity contribution in [2.45, 2.75) is 24.6 Å². The number of hydrogen-bond acceptors (Lipinski definition) is 1. The van der Waals surface area contributed by atoms with Crippen molar-refractivity contribution >= 4 is 0 Å². The second kappa shape index (κ2) is 3.95. The average Bonchev–Trinajstić information content (AvgIpc) is 1.98. The molecule has 0 N–H and O–H groups in total. The monoisotopic (exact) mass is 244 g/mol. The first kappa shape index (κ1) is 14.1. The number of hydrogen-bond donors (Lipinski definition) is 0. The van der Waals surface area contributed by atoms with Crippen molar-refractivity contribution in [3.8, 4) is 0 Å². The van der Waals surface area contributed by atoms with Gasteiger partial charge in [-0.25, -0.2) is 9.13 Å². The van der Waals surface area contributed by atoms with Crippen molar-refractivity contribution in [2.24, 2.45) is 0 Å². The highest BCUT2D eigenvalue weighted by atomic mass is 19.4. The molecule has 0 fully saturated rings. The molecular formula is C6H4F8O. The first-order chi connectivity index (χ1) is 6.44. The van der Waals surface area contributed by atoms with Gasteiger partial charge in [0.1, 0.15) is 0 Å². The Morgan fingerprint density at radius 1 is 1.00 bits per heavy atom. The molecule has 15 heavy (non-hydrogen) atoms. The van der Waals surface area contributed by atoms with Gasteiger partial charge in [-0.15, -0.1) is 0 Å². The summed E-state index contributed by atoms with van der Waals surface area (Å²) < 4.78 is 96.5. The number of ether oxygens (including phenoxy) is 1. The molecule has 0 spiro atoms. The summed E-state index contributed by atoms with van der Waals surface area (Å²) in [5, 5.41) is 0. The van der Waals surface area contributed by atoms with E-state index in [1.165, 1.54) is 0 Å². The van der Waals surface area contributed by atoms with E-state index in [0.717, 1.165) is 0 Å². The van der Waals surface area contributed by atoms with Crippen LogP contribution in [0, 0.1) is 0 Å². The maximum Gasteiger partial charge on any atom is 0.483 e. The summed E-state index contributed by atoms with van der Waals surface area (Å²) in [6.07, 6.45) is -21.4. The van der Waals surface area contributed by atoms with E-state index in [1.807, 2.05) is 0 Å². The second-order valence-electron chi connectivity index (χ2n) is 2.32. The van der Waals surface area contributed by atoms with Crippen LogP contribution in [0.5, 0.6) is 0 Å². The minimum atomic E-state index is -6.35. The van der Waals surface area contributed by atoms with Gasteiger partial charge in [0.15, 0.2) is 0 Å². The predicted molar refractivity (Wildman–Crippen MR) is 32.1 cm³/mol. The van der Waals surface area contributed by atoms with Crippen LogP contribution in [0.3, 0.4) is 0 Å². The molecule has 0 aromatic heterocycles. The van der Waals surface area contributed by atoms with E-state index in [0.29, 0.717) is 0 Å². The maximum absolute atomic E-state index is 12.2. The van der Waals surface area contributed by atoms with Crippen LogP contribution in [0.15, 0.2) is 12.7 Å². The molecule has 1 unspecified atom stereocenters. The highest BCUT2D eigenvalue weighted by Gasteiger charge is 2.65. The molecule has 0 radical (unpaired) electrons. The van der Waals surface area contributed by atoms with Gasteiger partial charge in [0.05, 0.1) is 0 Å². The van der Waals surface area contributed by atoms with Crippen molar-refractivity contribution in [2.75, 3.05) is 0 Å². The third-order valence-electron chi connectivity index (χ3n) is 1.12. The van der Waals surface area contributed by atoms with E-state index in [1.54, 1.807) is 0 Å². The van der Waals surface area contributed by atoms with Gasteiger partial charge in [0, 0.05) is 0 Å². The smallest absolute Gasteiger partial charge is 0.245 e. The molecule has 90 valence electrons. The van der Waals surface area contributed by atoms with Crippen LogP contribution in [0.25, 0.3) is 0 Å². The molecule has 0 aromatic rings. The van der Waals surface area contributed by atoms with Gasteiger partial charge >= 0.3 is 18.4 Å². The standard InChI is InChI=1S/C6H4F8O/c1-2-3(7)4(8,9)15-6(13,14)5(10,11)12/h2-3H,1H2. The Kier molecular flexibility index (Phi) is 3.72. The van der Waals surface area contributed by atoms with Crippen molar-refractivity contribution in [1.82, 2.24) is 0 Å². The lowest BCUT2D eigenvalue weighted by molar-refractivity contribution is -0.462. The predicted octanol–water partition coefficient (Wildman–Crippen LogP) is 3.28. The second-order valence-corrected chi connectivity index (χ2v) is 2.32. The lowest BCUT2D eigenvalue weighted by atomic mass is 10.3. The number of alkyl halides is 8. The molecule has 0 amide bonds. The summed E-state index contributed by atoms with van der Waals surface area (Å²) in [5.41, 5.74) is 0. The fourth-order valence-electron chi connectivity index (χ4n) is 0.422. The third kappa shape index (κ3) is 3.33. The Morgan fingerprint density at radius 2 is 1.40 bits per heavy atom. The molecule has 0 bridgehead atoms. The molecule has 0 aromatic carbocycles. The van der Waals surface area contributed by atoms with Crippen molar-refractivity contribution < 1.29 is 39.9 Å². The van der Waals surface area contributed by atoms with Crippen LogP contribution < -0.4 is 0 Å². The van der Waals surface area contributed by atoms with Crippen molar-refractivity contribution in [3.05, 3.63) is 12.7 Å². The highest BCUT2D eigenvalue weighted by molar-refractivity contribution is 4.86. The van der Waals surface area contributed by atoms with Crippen LogP contribution in [-0.2, 0) is 4.74 Å². The van der Waals surface area contributed by atoms with E-state index in [-0.39, 0.29) is 6.08 Å². The Balaban J connectivity index is 4.79. The number of halogens is 8. The molecule has 0 rings (SSSR count). The average molecular weight is 244 g/mol. The van der Waals surface area contributed by atoms with Gasteiger partial charge in [0.25, 0.3) is 0 Å². The van der Waals surface area contributed by atoms with Gasteiger partial charge in [-0.2, -0.15) is 30.7 Å². The Hall–Kier alpha value is -0.860. The third-order valence-corrected chi connectivity index (χ3v) is 1.12. The maximum atomic E-state index is 12.2. The molecule has 0 aliphatic carbocycles. The van der Waals surface area contributed by atoms with E-state index in [2.05, 4.69) is 11.3 Å². The molecule has 0 saturated carbocycles. The largest absolute Gasteiger partial charge is 0.483 e. The normalized spacial score (nSPS) is 16.3. The van der Waals surface area contributed by atoms with E-state index >= 15 is 0 Å². The fraction of sp³-hybridized carbons (Fsp3) is 0.667. The van der Waals surface area contributed by atoms with Crippen LogP contribution in [0.1, 0.15) is 0 Å². The van der Waals surface area contributed by atoms with Crippen LogP contribution >= 0.6 is 0 Å². The van der Waals surface area contributed by atoms with Crippen molar-refractivity contribution in [1.29, 1.82) is 0 Å². The molecule has 0 saturated heterocycles. The molecular weight excluding hydrogens is 240 g/mol. The molecule has 1 nitrogen and oxygen atoms in total. The van der Waals surface area contributed by atoms with Gasteiger partial charge in [-0.05, 0) is 6.08 Å². The molecule has 0 aliphatic heterocycles. The van der Waals surface area contributed by atoms with Crippen molar-refractivity contribution in [3.63, 3.8) is 0 Å². The van der Waals surface area contributed by atoms with Crippen LogP contribution in [0.2, 0.25) is 0 Å². The zero-order valence-corrected chi connectivity index (χ0v) is 6.79. The Morgan fingerprint density at radius 3 is 1.67 bits per heavy atom. The first-order valence-electron chi connectivity index (χ1n) is 3.23. The highest BCUT2D eigenvalue weighted by Crippen LogP contribution is 2.41. The topological polar surface area (TPSA) is 9.23 Å². The fourth-order valence-corrected chi connectivity index (χ4v) is 0.422. The van der Waals surface area contributed by atoms with E-state index in [9.17, 15) is 35.1 Å². The first-order valence-corrected chi connectivity index (χ1v) is 3.23. The van der Waals surface area contributed by atoms with E-state index < -0.39 is 24.6 Å². The molecule has 1 atom stereocenters. The van der Waals surface area contributed by atoms with Gasteiger partial charge in [-0.1, -0.05) is 6.58 Å². The minimum absolute atomic E-state index is 0.160. The van der Waals surface area contributed by atoms with Crippen LogP contribution in [-0.4, -0.2) is 24.6 Å². The quantitative estimate of drug-likeness (QED) is 0.544. The lowest BCUT2D eigenvalue weighted by Gasteiger charge is -2.25.